The highest BCUT2D eigenvalue weighted by molar-refractivity contribution is 5.79. The fourth-order valence-electron chi connectivity index (χ4n) is 3.63. The first-order valence-corrected chi connectivity index (χ1v) is 10.9. The van der Waals surface area contributed by atoms with Crippen LogP contribution in [0.1, 0.15) is 37.5 Å². The summed E-state index contributed by atoms with van der Waals surface area (Å²) in [4.78, 5) is 8.90. The third kappa shape index (κ3) is 6.33. The van der Waals surface area contributed by atoms with Gasteiger partial charge in [0.1, 0.15) is 12.4 Å². The summed E-state index contributed by atoms with van der Waals surface area (Å²) in [5, 5.41) is 11.4. The van der Waals surface area contributed by atoms with Crippen LogP contribution in [0.5, 0.6) is 11.5 Å². The molecule has 0 aliphatic carbocycles. The summed E-state index contributed by atoms with van der Waals surface area (Å²) in [5.41, 5.74) is 1.19. The minimum Gasteiger partial charge on any atom is -0.490 e. The third-order valence-electron chi connectivity index (χ3n) is 5.05. The first kappa shape index (κ1) is 22.9. The standard InChI is InChI=1S/C22H34N6O3/c1-5-30-18-9-7-16(13-19(18)31-6-2)11-12-24-22(23-3)25-17-8-10-21-26-20(15-29-4)27-28(21)14-17/h7,9,13,17H,5-6,8,10-12,14-15H2,1-4H3,(H2,23,24,25). The van der Waals surface area contributed by atoms with E-state index in [1.54, 1.807) is 14.2 Å². The Hall–Kier alpha value is -2.81. The van der Waals surface area contributed by atoms with E-state index in [0.29, 0.717) is 19.8 Å². The molecule has 0 spiro atoms. The van der Waals surface area contributed by atoms with Gasteiger partial charge in [-0.05, 0) is 44.4 Å². The Labute approximate surface area is 184 Å². The van der Waals surface area contributed by atoms with Gasteiger partial charge >= 0.3 is 0 Å². The van der Waals surface area contributed by atoms with Crippen LogP contribution in [0, 0.1) is 0 Å². The number of methoxy groups -OCH3 is 1. The van der Waals surface area contributed by atoms with Crippen molar-refractivity contribution in [2.75, 3.05) is 33.9 Å². The smallest absolute Gasteiger partial charge is 0.191 e. The first-order valence-electron chi connectivity index (χ1n) is 10.9. The Balaban J connectivity index is 1.50. The fourth-order valence-corrected chi connectivity index (χ4v) is 3.63. The van der Waals surface area contributed by atoms with E-state index >= 15 is 0 Å². The van der Waals surface area contributed by atoms with E-state index < -0.39 is 0 Å². The van der Waals surface area contributed by atoms with Gasteiger partial charge in [0.05, 0.1) is 19.8 Å². The van der Waals surface area contributed by atoms with Crippen LogP contribution in [0.4, 0.5) is 0 Å². The molecule has 0 saturated carbocycles. The van der Waals surface area contributed by atoms with E-state index in [4.69, 9.17) is 14.2 Å². The van der Waals surface area contributed by atoms with Gasteiger partial charge in [0.25, 0.3) is 0 Å². The average Bonchev–Trinajstić information content (AvgIpc) is 3.17. The van der Waals surface area contributed by atoms with Crippen molar-refractivity contribution in [3.8, 4) is 11.5 Å². The SMILES string of the molecule is CCOc1ccc(CCNC(=NC)NC2CCc3nc(COC)nn3C2)cc1OCC. The minimum absolute atomic E-state index is 0.255. The molecule has 1 aliphatic heterocycles. The van der Waals surface area contributed by atoms with Gasteiger partial charge in [-0.1, -0.05) is 6.07 Å². The molecule has 2 aromatic rings. The number of hydrogen-bond acceptors (Lipinski definition) is 6. The molecule has 0 bridgehead atoms. The zero-order chi connectivity index (χ0) is 22.1. The minimum atomic E-state index is 0.255. The summed E-state index contributed by atoms with van der Waals surface area (Å²) >= 11 is 0. The van der Waals surface area contributed by atoms with Crippen molar-refractivity contribution in [2.45, 2.75) is 52.3 Å². The fraction of sp³-hybridized carbons (Fsp3) is 0.591. The lowest BCUT2D eigenvalue weighted by Gasteiger charge is -2.25. The van der Waals surface area contributed by atoms with Gasteiger partial charge in [0.2, 0.25) is 0 Å². The highest BCUT2D eigenvalue weighted by atomic mass is 16.5. The van der Waals surface area contributed by atoms with Crippen molar-refractivity contribution >= 4 is 5.96 Å². The van der Waals surface area contributed by atoms with E-state index in [9.17, 15) is 0 Å². The van der Waals surface area contributed by atoms with Crippen LogP contribution < -0.4 is 20.1 Å². The van der Waals surface area contributed by atoms with E-state index in [1.165, 1.54) is 5.56 Å². The molecular weight excluding hydrogens is 396 g/mol. The van der Waals surface area contributed by atoms with Crippen molar-refractivity contribution in [1.82, 2.24) is 25.4 Å². The largest absolute Gasteiger partial charge is 0.490 e. The lowest BCUT2D eigenvalue weighted by Crippen LogP contribution is -2.47. The number of nitrogens with one attached hydrogen (secondary N) is 2. The second-order valence-electron chi connectivity index (χ2n) is 7.34. The lowest BCUT2D eigenvalue weighted by molar-refractivity contribution is 0.177. The van der Waals surface area contributed by atoms with Gasteiger partial charge < -0.3 is 24.8 Å². The van der Waals surface area contributed by atoms with E-state index in [1.807, 2.05) is 24.6 Å². The Morgan fingerprint density at radius 1 is 1.23 bits per heavy atom. The Morgan fingerprint density at radius 3 is 2.77 bits per heavy atom. The van der Waals surface area contributed by atoms with E-state index in [0.717, 1.165) is 61.5 Å². The number of ether oxygens (including phenoxy) is 3. The highest BCUT2D eigenvalue weighted by Crippen LogP contribution is 2.28. The molecule has 1 aromatic carbocycles. The Kier molecular flexibility index (Phi) is 8.52. The summed E-state index contributed by atoms with van der Waals surface area (Å²) < 4.78 is 18.5. The van der Waals surface area contributed by atoms with Crippen LogP contribution in [0.15, 0.2) is 23.2 Å². The van der Waals surface area contributed by atoms with Crippen LogP contribution in [-0.2, 0) is 30.7 Å². The molecule has 3 rings (SSSR count). The molecule has 31 heavy (non-hydrogen) atoms. The molecule has 0 radical (unpaired) electrons. The highest BCUT2D eigenvalue weighted by Gasteiger charge is 2.22. The molecule has 0 amide bonds. The van der Waals surface area contributed by atoms with Gasteiger partial charge in [-0.2, -0.15) is 5.10 Å². The zero-order valence-electron chi connectivity index (χ0n) is 19.0. The molecule has 170 valence electrons. The van der Waals surface area contributed by atoms with Gasteiger partial charge in [-0.25, -0.2) is 9.67 Å². The number of rotatable bonds is 10. The van der Waals surface area contributed by atoms with Gasteiger partial charge in [-0.3, -0.25) is 4.99 Å². The second-order valence-corrected chi connectivity index (χ2v) is 7.34. The quantitative estimate of drug-likeness (QED) is 0.439. The van der Waals surface area contributed by atoms with Gasteiger partial charge in [-0.15, -0.1) is 0 Å². The zero-order valence-corrected chi connectivity index (χ0v) is 19.0. The molecule has 1 atom stereocenters. The number of fused-ring (bicyclic) bond motifs is 1. The van der Waals surface area contributed by atoms with Crippen molar-refractivity contribution in [3.63, 3.8) is 0 Å². The van der Waals surface area contributed by atoms with Crippen molar-refractivity contribution < 1.29 is 14.2 Å². The third-order valence-corrected chi connectivity index (χ3v) is 5.05. The topological polar surface area (TPSA) is 94.8 Å². The Morgan fingerprint density at radius 2 is 2.03 bits per heavy atom. The second kappa shape index (κ2) is 11.5. The number of aliphatic imine (C=N–C) groups is 1. The Bertz CT molecular complexity index is 867. The first-order chi connectivity index (χ1) is 15.2. The average molecular weight is 431 g/mol. The number of aryl methyl sites for hydroxylation is 1. The molecule has 0 saturated heterocycles. The van der Waals surface area contributed by atoms with Crippen molar-refractivity contribution in [1.29, 1.82) is 0 Å². The predicted octanol–water partition coefficient (Wildman–Crippen LogP) is 1.94. The monoisotopic (exact) mass is 430 g/mol. The molecule has 0 fully saturated rings. The molecule has 1 unspecified atom stereocenters. The molecule has 1 aromatic heterocycles. The molecule has 2 N–H and O–H groups in total. The van der Waals surface area contributed by atoms with E-state index in [-0.39, 0.29) is 6.04 Å². The maximum atomic E-state index is 5.72. The van der Waals surface area contributed by atoms with Crippen LogP contribution in [0.25, 0.3) is 0 Å². The summed E-state index contributed by atoms with van der Waals surface area (Å²) in [6.07, 6.45) is 2.73. The van der Waals surface area contributed by atoms with Gasteiger partial charge in [0.15, 0.2) is 23.3 Å². The van der Waals surface area contributed by atoms with Crippen LogP contribution in [0.3, 0.4) is 0 Å². The number of benzene rings is 1. The summed E-state index contributed by atoms with van der Waals surface area (Å²) in [7, 11) is 3.45. The summed E-state index contributed by atoms with van der Waals surface area (Å²) in [6.45, 7) is 7.15. The number of nitrogens with zero attached hydrogens (tertiary/aromatic N) is 4. The molecule has 9 heteroatoms. The lowest BCUT2D eigenvalue weighted by atomic mass is 10.1. The van der Waals surface area contributed by atoms with E-state index in [2.05, 4.69) is 37.8 Å². The van der Waals surface area contributed by atoms with Crippen molar-refractivity contribution in [3.05, 3.63) is 35.4 Å². The number of hydrogen-bond donors (Lipinski definition) is 2. The normalized spacial score (nSPS) is 16.0. The van der Waals surface area contributed by atoms with Crippen molar-refractivity contribution in [2.24, 2.45) is 4.99 Å². The molecule has 1 aliphatic rings. The molecular formula is C22H34N6O3. The number of guanidine groups is 1. The maximum Gasteiger partial charge on any atom is 0.191 e. The predicted molar refractivity (Wildman–Crippen MR) is 120 cm³/mol. The van der Waals surface area contributed by atoms with Crippen LogP contribution in [-0.4, -0.2) is 60.7 Å². The maximum absolute atomic E-state index is 5.72. The molecule has 9 nitrogen and oxygen atoms in total. The van der Waals surface area contributed by atoms with Crippen LogP contribution >= 0.6 is 0 Å². The summed E-state index contributed by atoms with van der Waals surface area (Å²) in [6, 6.07) is 6.37. The van der Waals surface area contributed by atoms with Crippen LogP contribution in [0.2, 0.25) is 0 Å². The molecule has 2 heterocycles. The number of aromatic nitrogens is 3. The summed E-state index contributed by atoms with van der Waals surface area (Å²) in [5.74, 6) is 4.14. The van der Waals surface area contributed by atoms with Gasteiger partial charge in [0, 0.05) is 33.2 Å².